The van der Waals surface area contributed by atoms with Crippen molar-refractivity contribution in [1.82, 2.24) is 14.5 Å². The van der Waals surface area contributed by atoms with Crippen LogP contribution in [0.25, 0.3) is 0 Å². The smallest absolute Gasteiger partial charge is 0.244 e. The van der Waals surface area contributed by atoms with Crippen LogP contribution < -0.4 is 10.5 Å². The van der Waals surface area contributed by atoms with Crippen LogP contribution in [0.5, 0.6) is 0 Å². The van der Waals surface area contributed by atoms with Crippen molar-refractivity contribution >= 4 is 10.0 Å². The van der Waals surface area contributed by atoms with Crippen LogP contribution >= 0.6 is 0 Å². The molecule has 1 aromatic rings. The first-order valence-electron chi connectivity index (χ1n) is 6.61. The van der Waals surface area contributed by atoms with Crippen molar-refractivity contribution in [3.05, 3.63) is 11.4 Å². The highest BCUT2D eigenvalue weighted by Gasteiger charge is 2.30. The number of nitrogens with two attached hydrogens (primary N) is 1. The number of nitrogens with one attached hydrogen (secondary N) is 1. The Bertz CT molecular complexity index is 565. The van der Waals surface area contributed by atoms with Crippen LogP contribution in [0.15, 0.2) is 4.90 Å². The van der Waals surface area contributed by atoms with E-state index in [4.69, 9.17) is 5.73 Å². The van der Waals surface area contributed by atoms with Crippen molar-refractivity contribution in [2.24, 2.45) is 12.8 Å². The third-order valence-corrected chi connectivity index (χ3v) is 5.58. The maximum absolute atomic E-state index is 12.5. The zero-order chi connectivity index (χ0) is 14.2. The summed E-state index contributed by atoms with van der Waals surface area (Å²) in [6.45, 7) is 3.47. The molecule has 1 aromatic heterocycles. The Kier molecular flexibility index (Phi) is 3.98. The molecule has 2 atom stereocenters. The zero-order valence-electron chi connectivity index (χ0n) is 11.7. The molecule has 1 fully saturated rings. The lowest BCUT2D eigenvalue weighted by Gasteiger charge is -2.29. The number of nitrogens with zero attached hydrogens (tertiary/aromatic N) is 2. The lowest BCUT2D eigenvalue weighted by molar-refractivity contribution is 0.361. The lowest BCUT2D eigenvalue weighted by atomic mass is 9.92. The molecule has 0 aliphatic heterocycles. The van der Waals surface area contributed by atoms with Crippen LogP contribution in [0.4, 0.5) is 0 Å². The molecule has 2 rings (SSSR count). The monoisotopic (exact) mass is 286 g/mol. The summed E-state index contributed by atoms with van der Waals surface area (Å²) in [4.78, 5) is 0.285. The van der Waals surface area contributed by atoms with Gasteiger partial charge in [-0.3, -0.25) is 4.68 Å². The Labute approximate surface area is 114 Å². The molecule has 0 spiro atoms. The summed E-state index contributed by atoms with van der Waals surface area (Å²) in [7, 11) is -1.80. The zero-order valence-corrected chi connectivity index (χ0v) is 12.5. The molecule has 0 radical (unpaired) electrons. The Morgan fingerprint density at radius 2 is 1.95 bits per heavy atom. The van der Waals surface area contributed by atoms with Gasteiger partial charge < -0.3 is 5.73 Å². The van der Waals surface area contributed by atoms with Gasteiger partial charge in [0.2, 0.25) is 10.0 Å². The lowest BCUT2D eigenvalue weighted by Crippen LogP contribution is -2.49. The van der Waals surface area contributed by atoms with Crippen LogP contribution in [0, 0.1) is 13.8 Å². The van der Waals surface area contributed by atoms with Crippen LogP contribution in [0.3, 0.4) is 0 Å². The van der Waals surface area contributed by atoms with Gasteiger partial charge >= 0.3 is 0 Å². The molecule has 108 valence electrons. The average molecular weight is 286 g/mol. The summed E-state index contributed by atoms with van der Waals surface area (Å²) in [6, 6.07) is -0.265. The van der Waals surface area contributed by atoms with Gasteiger partial charge in [0, 0.05) is 19.1 Å². The molecule has 0 bridgehead atoms. The standard InChI is InChI=1S/C12H22N4O2S/c1-8-12(9(2)16(3)14-8)19(17,18)15-11-7-5-4-6-10(11)13/h10-11,15H,4-7,13H2,1-3H3. The van der Waals surface area contributed by atoms with Crippen molar-refractivity contribution in [3.63, 3.8) is 0 Å². The molecule has 7 heteroatoms. The minimum Gasteiger partial charge on any atom is -0.326 e. The third-order valence-electron chi connectivity index (χ3n) is 3.84. The highest BCUT2D eigenvalue weighted by molar-refractivity contribution is 7.89. The second kappa shape index (κ2) is 5.22. The molecule has 6 nitrogen and oxygen atoms in total. The van der Waals surface area contributed by atoms with Crippen molar-refractivity contribution in [3.8, 4) is 0 Å². The minimum atomic E-state index is -3.55. The van der Waals surface area contributed by atoms with Gasteiger partial charge in [-0.2, -0.15) is 5.10 Å². The Balaban J connectivity index is 2.27. The first-order valence-corrected chi connectivity index (χ1v) is 8.09. The van der Waals surface area contributed by atoms with Gasteiger partial charge in [0.1, 0.15) is 4.90 Å². The fourth-order valence-corrected chi connectivity index (χ4v) is 4.47. The third kappa shape index (κ3) is 2.82. The van der Waals surface area contributed by atoms with Crippen LogP contribution in [0.2, 0.25) is 0 Å². The van der Waals surface area contributed by atoms with E-state index in [1.165, 1.54) is 0 Å². The molecule has 0 aromatic carbocycles. The Morgan fingerprint density at radius 1 is 1.32 bits per heavy atom. The maximum Gasteiger partial charge on any atom is 0.244 e. The fraction of sp³-hybridized carbons (Fsp3) is 0.750. The second-order valence-corrected chi connectivity index (χ2v) is 6.95. The van der Waals surface area contributed by atoms with E-state index in [2.05, 4.69) is 9.82 Å². The number of hydrogen-bond acceptors (Lipinski definition) is 4. The van der Waals surface area contributed by atoms with E-state index in [-0.39, 0.29) is 17.0 Å². The molecule has 2 unspecified atom stereocenters. The van der Waals surface area contributed by atoms with Gasteiger partial charge in [-0.15, -0.1) is 0 Å². The molecule has 0 saturated heterocycles. The average Bonchev–Trinajstić information content (AvgIpc) is 2.56. The highest BCUT2D eigenvalue weighted by Crippen LogP contribution is 2.22. The minimum absolute atomic E-state index is 0.0965. The van der Waals surface area contributed by atoms with Crippen molar-refractivity contribution in [2.75, 3.05) is 0 Å². The molecular weight excluding hydrogens is 264 g/mol. The maximum atomic E-state index is 12.5. The summed E-state index contributed by atoms with van der Waals surface area (Å²) in [5.41, 5.74) is 7.17. The van der Waals surface area contributed by atoms with Crippen molar-refractivity contribution in [2.45, 2.75) is 56.5 Å². The summed E-state index contributed by atoms with van der Waals surface area (Å²) in [6.07, 6.45) is 3.77. The number of aromatic nitrogens is 2. The van der Waals surface area contributed by atoms with E-state index in [1.54, 1.807) is 25.6 Å². The van der Waals surface area contributed by atoms with E-state index >= 15 is 0 Å². The van der Waals surface area contributed by atoms with Gasteiger partial charge in [-0.25, -0.2) is 13.1 Å². The van der Waals surface area contributed by atoms with Gasteiger partial charge in [-0.05, 0) is 26.7 Å². The van der Waals surface area contributed by atoms with E-state index in [9.17, 15) is 8.42 Å². The fourth-order valence-electron chi connectivity index (χ4n) is 2.71. The molecule has 1 heterocycles. The molecule has 3 N–H and O–H groups in total. The predicted octanol–water partition coefficient (Wildman–Crippen LogP) is 0.585. The van der Waals surface area contributed by atoms with E-state index in [0.717, 1.165) is 25.7 Å². The molecule has 1 saturated carbocycles. The summed E-state index contributed by atoms with van der Waals surface area (Å²) >= 11 is 0. The summed E-state index contributed by atoms with van der Waals surface area (Å²) in [5, 5.41) is 4.16. The van der Waals surface area contributed by atoms with E-state index in [0.29, 0.717) is 11.4 Å². The van der Waals surface area contributed by atoms with E-state index < -0.39 is 10.0 Å². The number of aryl methyl sites for hydroxylation is 2. The van der Waals surface area contributed by atoms with Gasteiger partial charge in [0.25, 0.3) is 0 Å². The first kappa shape index (κ1) is 14.5. The molecule has 0 amide bonds. The summed E-state index contributed by atoms with van der Waals surface area (Å²) < 4.78 is 29.3. The van der Waals surface area contributed by atoms with Crippen LogP contribution in [-0.4, -0.2) is 30.3 Å². The Hall–Kier alpha value is -0.920. The van der Waals surface area contributed by atoms with Crippen molar-refractivity contribution in [1.29, 1.82) is 0 Å². The van der Waals surface area contributed by atoms with Crippen LogP contribution in [-0.2, 0) is 17.1 Å². The largest absolute Gasteiger partial charge is 0.326 e. The highest BCUT2D eigenvalue weighted by atomic mass is 32.2. The first-order chi connectivity index (χ1) is 8.83. The molecular formula is C12H22N4O2S. The molecule has 1 aliphatic rings. The molecule has 19 heavy (non-hydrogen) atoms. The second-order valence-electron chi connectivity index (χ2n) is 5.30. The van der Waals surface area contributed by atoms with E-state index in [1.807, 2.05) is 0 Å². The molecule has 1 aliphatic carbocycles. The quantitative estimate of drug-likeness (QED) is 0.850. The normalized spacial score (nSPS) is 24.6. The van der Waals surface area contributed by atoms with Gasteiger partial charge in [-0.1, -0.05) is 12.8 Å². The van der Waals surface area contributed by atoms with Gasteiger partial charge in [0.15, 0.2) is 0 Å². The predicted molar refractivity (Wildman–Crippen MR) is 73.2 cm³/mol. The number of rotatable bonds is 3. The van der Waals surface area contributed by atoms with Gasteiger partial charge in [0.05, 0.1) is 11.4 Å². The SMILES string of the molecule is Cc1nn(C)c(C)c1S(=O)(=O)NC1CCCCC1N. The number of hydrogen-bond donors (Lipinski definition) is 2. The number of sulfonamides is 1. The Morgan fingerprint density at radius 3 is 2.47 bits per heavy atom. The van der Waals surface area contributed by atoms with Crippen LogP contribution in [0.1, 0.15) is 37.1 Å². The summed E-state index contributed by atoms with van der Waals surface area (Å²) in [5.74, 6) is 0. The van der Waals surface area contributed by atoms with Crippen molar-refractivity contribution < 1.29 is 8.42 Å². The topological polar surface area (TPSA) is 90.0 Å².